The Morgan fingerprint density at radius 3 is 2.87 bits per heavy atom. The molecule has 0 N–H and O–H groups in total. The summed E-state index contributed by atoms with van der Waals surface area (Å²) in [5.41, 5.74) is 0.492. The normalized spacial score (nSPS) is 14.7. The predicted molar refractivity (Wildman–Crippen MR) is 59.0 cm³/mol. The van der Waals surface area contributed by atoms with Gasteiger partial charge in [-0.1, -0.05) is 24.4 Å². The molecule has 0 bridgehead atoms. The van der Waals surface area contributed by atoms with Crippen LogP contribution < -0.4 is 4.74 Å². The summed E-state index contributed by atoms with van der Waals surface area (Å²) in [6, 6.07) is 7.20. The van der Waals surface area contributed by atoms with E-state index in [4.69, 9.17) is 21.6 Å². The van der Waals surface area contributed by atoms with Gasteiger partial charge in [0.1, 0.15) is 11.8 Å². The molecule has 2 nitrogen and oxygen atoms in total. The second-order valence-corrected chi connectivity index (χ2v) is 4.24. The number of halogens is 1. The predicted octanol–water partition coefficient (Wildman–Crippen LogP) is 3.39. The molecule has 0 saturated heterocycles. The van der Waals surface area contributed by atoms with Gasteiger partial charge in [-0.15, -0.1) is 0 Å². The largest absolute Gasteiger partial charge is 0.494 e. The van der Waals surface area contributed by atoms with Crippen molar-refractivity contribution in [2.75, 3.05) is 6.61 Å². The summed E-state index contributed by atoms with van der Waals surface area (Å²) in [5, 5.41) is 9.15. The Balaban J connectivity index is 1.90. The first-order chi connectivity index (χ1) is 7.29. The fourth-order valence-electron chi connectivity index (χ4n) is 1.43. The summed E-state index contributed by atoms with van der Waals surface area (Å²) in [6.07, 6.45) is 3.81. The first-order valence-electron chi connectivity index (χ1n) is 5.12. The molecule has 15 heavy (non-hydrogen) atoms. The third kappa shape index (κ3) is 2.87. The van der Waals surface area contributed by atoms with Crippen LogP contribution >= 0.6 is 11.6 Å². The lowest BCUT2D eigenvalue weighted by molar-refractivity contribution is 0.302. The summed E-state index contributed by atoms with van der Waals surface area (Å²) in [5.74, 6) is 1.62. The van der Waals surface area contributed by atoms with Crippen molar-refractivity contribution in [1.82, 2.24) is 0 Å². The second-order valence-electron chi connectivity index (χ2n) is 3.83. The van der Waals surface area contributed by atoms with Crippen molar-refractivity contribution in [1.29, 1.82) is 5.26 Å². The van der Waals surface area contributed by atoms with E-state index in [0.717, 1.165) is 24.7 Å². The van der Waals surface area contributed by atoms with Gasteiger partial charge in [-0.2, -0.15) is 5.26 Å². The van der Waals surface area contributed by atoms with Crippen molar-refractivity contribution in [3.63, 3.8) is 0 Å². The molecule has 0 radical (unpaired) electrons. The Bertz CT molecular complexity index is 393. The third-order valence-corrected chi connectivity index (χ3v) is 2.87. The Kier molecular flexibility index (Phi) is 3.13. The lowest BCUT2D eigenvalue weighted by Gasteiger charge is -2.06. The first kappa shape index (κ1) is 10.3. The van der Waals surface area contributed by atoms with Gasteiger partial charge in [-0.05, 0) is 24.5 Å². The zero-order chi connectivity index (χ0) is 10.7. The van der Waals surface area contributed by atoms with Crippen LogP contribution in [0, 0.1) is 17.2 Å². The average Bonchev–Trinajstić information content (AvgIpc) is 3.02. The number of benzene rings is 1. The van der Waals surface area contributed by atoms with E-state index in [1.54, 1.807) is 18.2 Å². The van der Waals surface area contributed by atoms with Gasteiger partial charge in [0.05, 0.1) is 17.2 Å². The molecule has 0 atom stereocenters. The van der Waals surface area contributed by atoms with Crippen LogP contribution in [-0.2, 0) is 0 Å². The summed E-state index contributed by atoms with van der Waals surface area (Å²) in [7, 11) is 0. The quantitative estimate of drug-likeness (QED) is 0.781. The summed E-state index contributed by atoms with van der Waals surface area (Å²) in [6.45, 7) is 0.743. The van der Waals surface area contributed by atoms with E-state index in [-0.39, 0.29) is 0 Å². The van der Waals surface area contributed by atoms with Crippen LogP contribution in [0.1, 0.15) is 24.8 Å². The number of ether oxygens (including phenoxy) is 1. The van der Waals surface area contributed by atoms with Crippen LogP contribution in [0.15, 0.2) is 18.2 Å². The van der Waals surface area contributed by atoms with Crippen LogP contribution in [0.2, 0.25) is 5.02 Å². The molecule has 0 aromatic heterocycles. The molecule has 2 rings (SSSR count). The van der Waals surface area contributed by atoms with Crippen molar-refractivity contribution in [2.45, 2.75) is 19.3 Å². The number of rotatable bonds is 4. The third-order valence-electron chi connectivity index (χ3n) is 2.55. The van der Waals surface area contributed by atoms with Crippen molar-refractivity contribution < 1.29 is 4.74 Å². The van der Waals surface area contributed by atoms with Gasteiger partial charge in [-0.25, -0.2) is 0 Å². The van der Waals surface area contributed by atoms with Gasteiger partial charge in [0, 0.05) is 6.07 Å². The molecule has 78 valence electrons. The summed E-state index contributed by atoms with van der Waals surface area (Å²) in [4.78, 5) is 0. The molecule has 0 aliphatic heterocycles. The summed E-state index contributed by atoms with van der Waals surface area (Å²) >= 11 is 5.88. The zero-order valence-electron chi connectivity index (χ0n) is 8.37. The Hall–Kier alpha value is -1.20. The van der Waals surface area contributed by atoms with Crippen molar-refractivity contribution >= 4 is 11.6 Å². The monoisotopic (exact) mass is 221 g/mol. The molecular weight excluding hydrogens is 210 g/mol. The molecule has 1 fully saturated rings. The van der Waals surface area contributed by atoms with Crippen molar-refractivity contribution in [2.24, 2.45) is 5.92 Å². The van der Waals surface area contributed by atoms with E-state index in [9.17, 15) is 0 Å². The zero-order valence-corrected chi connectivity index (χ0v) is 9.13. The van der Waals surface area contributed by atoms with Gasteiger partial charge < -0.3 is 4.74 Å². The average molecular weight is 222 g/mol. The van der Waals surface area contributed by atoms with Crippen LogP contribution in [0.3, 0.4) is 0 Å². The highest BCUT2D eigenvalue weighted by Gasteiger charge is 2.20. The van der Waals surface area contributed by atoms with Gasteiger partial charge >= 0.3 is 0 Å². The van der Waals surface area contributed by atoms with E-state index in [0.29, 0.717) is 10.6 Å². The maximum Gasteiger partial charge on any atom is 0.120 e. The molecule has 0 unspecified atom stereocenters. The minimum absolute atomic E-state index is 0.460. The smallest absolute Gasteiger partial charge is 0.120 e. The molecule has 3 heteroatoms. The molecule has 0 spiro atoms. The molecular formula is C12H12ClNO. The highest BCUT2D eigenvalue weighted by Crippen LogP contribution is 2.32. The Morgan fingerprint density at radius 1 is 1.47 bits per heavy atom. The van der Waals surface area contributed by atoms with Gasteiger partial charge in [0.25, 0.3) is 0 Å². The Morgan fingerprint density at radius 2 is 2.27 bits per heavy atom. The van der Waals surface area contributed by atoms with Crippen molar-refractivity contribution in [3.05, 3.63) is 28.8 Å². The van der Waals surface area contributed by atoms with E-state index < -0.39 is 0 Å². The molecule has 1 aromatic carbocycles. The topological polar surface area (TPSA) is 33.0 Å². The standard InChI is InChI=1S/C12H12ClNO/c13-12-7-11(4-3-10(12)8-14)15-6-5-9-1-2-9/h3-4,7,9H,1-2,5-6H2. The minimum Gasteiger partial charge on any atom is -0.494 e. The molecule has 1 aromatic rings. The first-order valence-corrected chi connectivity index (χ1v) is 5.50. The fraction of sp³-hybridized carbons (Fsp3) is 0.417. The van der Waals surface area contributed by atoms with Crippen molar-refractivity contribution in [3.8, 4) is 11.8 Å². The maximum atomic E-state index is 8.69. The molecule has 1 aliphatic carbocycles. The van der Waals surface area contributed by atoms with Gasteiger partial charge in [0.15, 0.2) is 0 Å². The lowest BCUT2D eigenvalue weighted by atomic mass is 10.2. The van der Waals surface area contributed by atoms with E-state index in [1.165, 1.54) is 12.8 Å². The van der Waals surface area contributed by atoms with Crippen LogP contribution in [0.5, 0.6) is 5.75 Å². The molecule has 0 amide bonds. The van der Waals surface area contributed by atoms with Crippen LogP contribution in [0.4, 0.5) is 0 Å². The molecule has 1 aliphatic rings. The minimum atomic E-state index is 0.460. The van der Waals surface area contributed by atoms with E-state index in [1.807, 2.05) is 6.07 Å². The number of hydrogen-bond acceptors (Lipinski definition) is 2. The SMILES string of the molecule is N#Cc1ccc(OCCC2CC2)cc1Cl. The molecule has 0 heterocycles. The lowest BCUT2D eigenvalue weighted by Crippen LogP contribution is -1.98. The highest BCUT2D eigenvalue weighted by molar-refractivity contribution is 6.31. The van der Waals surface area contributed by atoms with Crippen LogP contribution in [0.25, 0.3) is 0 Å². The number of hydrogen-bond donors (Lipinski definition) is 0. The van der Waals surface area contributed by atoms with Gasteiger partial charge in [0.2, 0.25) is 0 Å². The second kappa shape index (κ2) is 4.55. The van der Waals surface area contributed by atoms with E-state index in [2.05, 4.69) is 0 Å². The molecule has 1 saturated carbocycles. The van der Waals surface area contributed by atoms with Gasteiger partial charge in [-0.3, -0.25) is 0 Å². The Labute approximate surface area is 94.4 Å². The van der Waals surface area contributed by atoms with E-state index >= 15 is 0 Å². The fourth-order valence-corrected chi connectivity index (χ4v) is 1.64. The number of nitrogens with zero attached hydrogens (tertiary/aromatic N) is 1. The highest BCUT2D eigenvalue weighted by atomic mass is 35.5. The maximum absolute atomic E-state index is 8.69. The summed E-state index contributed by atoms with van der Waals surface area (Å²) < 4.78 is 5.54. The van der Waals surface area contributed by atoms with Crippen LogP contribution in [-0.4, -0.2) is 6.61 Å². The number of nitriles is 1.